The Morgan fingerprint density at radius 1 is 1.32 bits per heavy atom. The molecule has 0 saturated carbocycles. The van der Waals surface area contributed by atoms with Gasteiger partial charge in [0.1, 0.15) is 0 Å². The first-order valence-corrected chi connectivity index (χ1v) is 6.65. The highest BCUT2D eigenvalue weighted by atomic mass is 16.2. The molecule has 0 aromatic carbocycles. The molecule has 0 spiro atoms. The van der Waals surface area contributed by atoms with Crippen LogP contribution in [0.1, 0.15) is 44.9 Å². The van der Waals surface area contributed by atoms with E-state index in [1.807, 2.05) is 12.3 Å². The van der Waals surface area contributed by atoms with Crippen LogP contribution in [0.5, 0.6) is 0 Å². The molecule has 1 aliphatic rings. The monoisotopic (exact) mass is 260 g/mol. The second kappa shape index (κ2) is 5.11. The van der Waals surface area contributed by atoms with Crippen LogP contribution in [0.3, 0.4) is 0 Å². The SMILES string of the molecule is CC(C)(C)c1ccc(CC2CCC(=O)NC2=O)nc1. The molecule has 1 atom stereocenters. The maximum absolute atomic E-state index is 11.7. The highest BCUT2D eigenvalue weighted by molar-refractivity contribution is 5.98. The zero-order chi connectivity index (χ0) is 14.0. The third-order valence-electron chi connectivity index (χ3n) is 3.50. The third kappa shape index (κ3) is 3.40. The summed E-state index contributed by atoms with van der Waals surface area (Å²) >= 11 is 0. The Morgan fingerprint density at radius 3 is 2.58 bits per heavy atom. The van der Waals surface area contributed by atoms with Crippen molar-refractivity contribution in [1.82, 2.24) is 10.3 Å². The fraction of sp³-hybridized carbons (Fsp3) is 0.533. The number of piperidine rings is 1. The molecule has 0 radical (unpaired) electrons. The molecule has 1 fully saturated rings. The standard InChI is InChI=1S/C15H20N2O2/c1-15(2,3)11-5-6-12(16-9-11)8-10-4-7-13(18)17-14(10)19/h5-6,9-10H,4,7-8H2,1-3H3,(H,17,18,19). The number of carbonyl (C=O) groups excluding carboxylic acids is 2. The van der Waals surface area contributed by atoms with Crippen LogP contribution in [-0.2, 0) is 21.4 Å². The van der Waals surface area contributed by atoms with Gasteiger partial charge in [-0.05, 0) is 23.5 Å². The summed E-state index contributed by atoms with van der Waals surface area (Å²) in [4.78, 5) is 27.2. The number of hydrogen-bond acceptors (Lipinski definition) is 3. The van der Waals surface area contributed by atoms with Crippen molar-refractivity contribution in [3.63, 3.8) is 0 Å². The fourth-order valence-electron chi connectivity index (χ4n) is 2.17. The van der Waals surface area contributed by atoms with Gasteiger partial charge in [-0.2, -0.15) is 0 Å². The van der Waals surface area contributed by atoms with Gasteiger partial charge in [0.25, 0.3) is 0 Å². The highest BCUT2D eigenvalue weighted by Gasteiger charge is 2.27. The Morgan fingerprint density at radius 2 is 2.05 bits per heavy atom. The van der Waals surface area contributed by atoms with E-state index in [-0.39, 0.29) is 23.1 Å². The quantitative estimate of drug-likeness (QED) is 0.827. The molecule has 2 rings (SSSR count). The molecule has 1 aliphatic heterocycles. The van der Waals surface area contributed by atoms with Crippen molar-refractivity contribution in [3.8, 4) is 0 Å². The van der Waals surface area contributed by atoms with E-state index >= 15 is 0 Å². The Kier molecular flexibility index (Phi) is 3.69. The molecule has 4 heteroatoms. The molecule has 19 heavy (non-hydrogen) atoms. The van der Waals surface area contributed by atoms with Crippen LogP contribution in [-0.4, -0.2) is 16.8 Å². The Hall–Kier alpha value is -1.71. The van der Waals surface area contributed by atoms with Crippen molar-refractivity contribution in [2.24, 2.45) is 5.92 Å². The normalized spacial score (nSPS) is 20.3. The summed E-state index contributed by atoms with van der Waals surface area (Å²) in [7, 11) is 0. The zero-order valence-electron chi connectivity index (χ0n) is 11.7. The number of carbonyl (C=O) groups is 2. The van der Waals surface area contributed by atoms with Gasteiger partial charge < -0.3 is 0 Å². The van der Waals surface area contributed by atoms with Gasteiger partial charge in [-0.25, -0.2) is 0 Å². The average Bonchev–Trinajstić information content (AvgIpc) is 2.32. The molecule has 2 amide bonds. The summed E-state index contributed by atoms with van der Waals surface area (Å²) < 4.78 is 0. The van der Waals surface area contributed by atoms with Crippen LogP contribution in [0.2, 0.25) is 0 Å². The minimum absolute atomic E-state index is 0.0835. The molecule has 102 valence electrons. The average molecular weight is 260 g/mol. The predicted molar refractivity (Wildman–Crippen MR) is 72.5 cm³/mol. The number of amides is 2. The van der Waals surface area contributed by atoms with Gasteiger partial charge in [0.15, 0.2) is 0 Å². The lowest BCUT2D eigenvalue weighted by atomic mass is 9.87. The van der Waals surface area contributed by atoms with E-state index in [1.165, 1.54) is 5.56 Å². The van der Waals surface area contributed by atoms with E-state index in [9.17, 15) is 9.59 Å². The largest absolute Gasteiger partial charge is 0.296 e. The molecule has 0 aliphatic carbocycles. The summed E-state index contributed by atoms with van der Waals surface area (Å²) in [5.74, 6) is -0.471. The van der Waals surface area contributed by atoms with Crippen molar-refractivity contribution in [2.45, 2.75) is 45.4 Å². The zero-order valence-corrected chi connectivity index (χ0v) is 11.7. The Bertz CT molecular complexity index is 486. The van der Waals surface area contributed by atoms with Gasteiger partial charge in [-0.1, -0.05) is 26.8 Å². The third-order valence-corrected chi connectivity index (χ3v) is 3.50. The molecule has 1 N–H and O–H groups in total. The molecule has 1 saturated heterocycles. The van der Waals surface area contributed by atoms with E-state index in [4.69, 9.17) is 0 Å². The first kappa shape index (κ1) is 13.7. The van der Waals surface area contributed by atoms with E-state index in [2.05, 4.69) is 37.1 Å². The van der Waals surface area contributed by atoms with E-state index < -0.39 is 0 Å². The lowest BCUT2D eigenvalue weighted by Gasteiger charge is -2.21. The van der Waals surface area contributed by atoms with Gasteiger partial charge in [0, 0.05) is 30.7 Å². The summed E-state index contributed by atoms with van der Waals surface area (Å²) in [5, 5.41) is 2.38. The first-order chi connectivity index (χ1) is 8.86. The van der Waals surface area contributed by atoms with Crippen LogP contribution >= 0.6 is 0 Å². The number of nitrogens with zero attached hydrogens (tertiary/aromatic N) is 1. The first-order valence-electron chi connectivity index (χ1n) is 6.65. The van der Waals surface area contributed by atoms with E-state index in [0.717, 1.165) is 5.69 Å². The smallest absolute Gasteiger partial charge is 0.230 e. The van der Waals surface area contributed by atoms with Gasteiger partial charge in [-0.15, -0.1) is 0 Å². The maximum Gasteiger partial charge on any atom is 0.230 e. The lowest BCUT2D eigenvalue weighted by molar-refractivity contribution is -0.136. The van der Waals surface area contributed by atoms with Crippen LogP contribution in [0.15, 0.2) is 18.3 Å². The topological polar surface area (TPSA) is 59.1 Å². The Labute approximate surface area is 113 Å². The van der Waals surface area contributed by atoms with Crippen molar-refractivity contribution in [2.75, 3.05) is 0 Å². The van der Waals surface area contributed by atoms with Gasteiger partial charge in [0.2, 0.25) is 11.8 Å². The van der Waals surface area contributed by atoms with E-state index in [1.54, 1.807) is 0 Å². The number of aromatic nitrogens is 1. The highest BCUT2D eigenvalue weighted by Crippen LogP contribution is 2.22. The summed E-state index contributed by atoms with van der Waals surface area (Å²) in [5.41, 5.74) is 2.17. The number of hydrogen-bond donors (Lipinski definition) is 1. The van der Waals surface area contributed by atoms with Crippen molar-refractivity contribution in [1.29, 1.82) is 0 Å². The lowest BCUT2D eigenvalue weighted by Crippen LogP contribution is -2.41. The van der Waals surface area contributed by atoms with Crippen molar-refractivity contribution in [3.05, 3.63) is 29.6 Å². The van der Waals surface area contributed by atoms with Crippen LogP contribution in [0.25, 0.3) is 0 Å². The van der Waals surface area contributed by atoms with Crippen molar-refractivity contribution >= 4 is 11.8 Å². The molecule has 4 nitrogen and oxygen atoms in total. The Balaban J connectivity index is 2.04. The molecule has 1 aromatic rings. The van der Waals surface area contributed by atoms with Crippen LogP contribution < -0.4 is 5.32 Å². The minimum atomic E-state index is -0.169. The van der Waals surface area contributed by atoms with Gasteiger partial charge in [-0.3, -0.25) is 19.9 Å². The molecule has 0 bridgehead atoms. The summed E-state index contributed by atoms with van der Waals surface area (Å²) in [6.45, 7) is 6.43. The maximum atomic E-state index is 11.7. The molecule has 2 heterocycles. The molecular formula is C15H20N2O2. The molecule has 1 aromatic heterocycles. The van der Waals surface area contributed by atoms with Gasteiger partial charge in [0.05, 0.1) is 0 Å². The summed E-state index contributed by atoms with van der Waals surface area (Å²) in [6.07, 6.45) is 3.52. The summed E-state index contributed by atoms with van der Waals surface area (Å²) in [6, 6.07) is 4.04. The second-order valence-corrected chi connectivity index (χ2v) is 6.14. The fourth-order valence-corrected chi connectivity index (χ4v) is 2.17. The second-order valence-electron chi connectivity index (χ2n) is 6.14. The van der Waals surface area contributed by atoms with Gasteiger partial charge >= 0.3 is 0 Å². The molecular weight excluding hydrogens is 240 g/mol. The minimum Gasteiger partial charge on any atom is -0.296 e. The number of rotatable bonds is 2. The molecule has 1 unspecified atom stereocenters. The van der Waals surface area contributed by atoms with E-state index in [0.29, 0.717) is 19.3 Å². The van der Waals surface area contributed by atoms with Crippen LogP contribution in [0, 0.1) is 5.92 Å². The number of pyridine rings is 1. The van der Waals surface area contributed by atoms with Crippen LogP contribution in [0.4, 0.5) is 0 Å². The van der Waals surface area contributed by atoms with Crippen molar-refractivity contribution < 1.29 is 9.59 Å². The predicted octanol–water partition coefficient (Wildman–Crippen LogP) is 1.97. The number of nitrogens with one attached hydrogen (secondary N) is 1. The number of imide groups is 1.